The van der Waals surface area contributed by atoms with Crippen LogP contribution in [0.4, 0.5) is 0 Å². The van der Waals surface area contributed by atoms with Crippen LogP contribution in [0.25, 0.3) is 0 Å². The molecule has 0 atom stereocenters. The smallest absolute Gasteiger partial charge is 0.220 e. The second-order valence-corrected chi connectivity index (χ2v) is 2.28. The minimum atomic E-state index is -0.485. The highest BCUT2D eigenvalue weighted by atomic mass is 16.3. The van der Waals surface area contributed by atoms with E-state index < -0.39 is 11.5 Å². The van der Waals surface area contributed by atoms with E-state index in [0.717, 1.165) is 6.08 Å². The average molecular weight is 152 g/mol. The van der Waals surface area contributed by atoms with E-state index >= 15 is 0 Å². The van der Waals surface area contributed by atoms with Gasteiger partial charge in [0, 0.05) is 11.6 Å². The number of aliphatic hydroxyl groups excluding tert-OH is 1. The van der Waals surface area contributed by atoms with Gasteiger partial charge in [0.1, 0.15) is 0 Å². The van der Waals surface area contributed by atoms with Crippen molar-refractivity contribution >= 4 is 11.6 Å². The van der Waals surface area contributed by atoms with Gasteiger partial charge in [0.25, 0.3) is 0 Å². The lowest BCUT2D eigenvalue weighted by atomic mass is 10.0. The molecule has 0 aliphatic heterocycles. The molecule has 0 amide bonds. The van der Waals surface area contributed by atoms with Crippen molar-refractivity contribution in [3.8, 4) is 0 Å². The zero-order valence-electron chi connectivity index (χ0n) is 6.13. The van der Waals surface area contributed by atoms with Gasteiger partial charge in [-0.25, -0.2) is 0 Å². The van der Waals surface area contributed by atoms with Crippen molar-refractivity contribution in [3.05, 3.63) is 23.5 Å². The van der Waals surface area contributed by atoms with Crippen LogP contribution in [0.15, 0.2) is 23.5 Å². The Morgan fingerprint density at radius 1 is 1.27 bits per heavy atom. The Kier molecular flexibility index (Phi) is 1.89. The topological polar surface area (TPSA) is 54.4 Å². The molecule has 0 unspecified atom stereocenters. The molecule has 58 valence electrons. The monoisotopic (exact) mass is 152 g/mol. The van der Waals surface area contributed by atoms with Gasteiger partial charge in [-0.3, -0.25) is 9.59 Å². The van der Waals surface area contributed by atoms with Crippen LogP contribution in [0.2, 0.25) is 0 Å². The summed E-state index contributed by atoms with van der Waals surface area (Å²) >= 11 is 0. The highest BCUT2D eigenvalue weighted by Crippen LogP contribution is 2.11. The fourth-order valence-electron chi connectivity index (χ4n) is 0.868. The van der Waals surface area contributed by atoms with E-state index in [1.165, 1.54) is 6.08 Å². The minimum Gasteiger partial charge on any atom is -0.504 e. The normalized spacial score (nSPS) is 17.9. The first-order chi connectivity index (χ1) is 5.15. The quantitative estimate of drug-likeness (QED) is 0.568. The zero-order valence-corrected chi connectivity index (χ0v) is 6.13. The van der Waals surface area contributed by atoms with E-state index in [1.54, 1.807) is 6.92 Å². The van der Waals surface area contributed by atoms with Crippen LogP contribution in [0, 0.1) is 0 Å². The summed E-state index contributed by atoms with van der Waals surface area (Å²) in [5.74, 6) is -1.22. The van der Waals surface area contributed by atoms with E-state index in [2.05, 4.69) is 0 Å². The lowest BCUT2D eigenvalue weighted by Gasteiger charge is -2.04. The van der Waals surface area contributed by atoms with E-state index in [-0.39, 0.29) is 5.78 Å². The Labute approximate surface area is 64.0 Å². The van der Waals surface area contributed by atoms with E-state index in [0.29, 0.717) is 12.0 Å². The van der Waals surface area contributed by atoms with Crippen molar-refractivity contribution in [2.75, 3.05) is 0 Å². The van der Waals surface area contributed by atoms with E-state index in [9.17, 15) is 9.59 Å². The summed E-state index contributed by atoms with van der Waals surface area (Å²) < 4.78 is 0. The van der Waals surface area contributed by atoms with Crippen LogP contribution >= 0.6 is 0 Å². The predicted octanol–water partition coefficient (Wildman–Crippen LogP) is 0.916. The van der Waals surface area contributed by atoms with E-state index in [4.69, 9.17) is 5.11 Å². The van der Waals surface area contributed by atoms with Crippen molar-refractivity contribution in [2.45, 2.75) is 13.3 Å². The molecule has 1 aliphatic carbocycles. The number of carbonyl (C=O) groups is 2. The molecular formula is C8H8O3. The van der Waals surface area contributed by atoms with Crippen LogP contribution in [0.5, 0.6) is 0 Å². The van der Waals surface area contributed by atoms with Crippen molar-refractivity contribution in [3.63, 3.8) is 0 Å². The molecule has 0 spiro atoms. The lowest BCUT2D eigenvalue weighted by molar-refractivity contribution is -0.117. The Bertz CT molecular complexity index is 271. The SMILES string of the molecule is CCC1=CC(=O)C(O)=CC1=O. The molecule has 1 aliphatic rings. The van der Waals surface area contributed by atoms with Crippen LogP contribution in [-0.2, 0) is 9.59 Å². The van der Waals surface area contributed by atoms with E-state index in [1.807, 2.05) is 0 Å². The van der Waals surface area contributed by atoms with Gasteiger partial charge in [0.05, 0.1) is 0 Å². The van der Waals surface area contributed by atoms with Gasteiger partial charge in [-0.2, -0.15) is 0 Å². The zero-order chi connectivity index (χ0) is 8.43. The Balaban J connectivity index is 2.98. The maximum atomic E-state index is 10.9. The van der Waals surface area contributed by atoms with Crippen molar-refractivity contribution in [2.24, 2.45) is 0 Å². The maximum absolute atomic E-state index is 10.9. The molecule has 0 aromatic carbocycles. The third kappa shape index (κ3) is 1.37. The summed E-state index contributed by atoms with van der Waals surface area (Å²) in [5, 5.41) is 8.81. The first kappa shape index (κ1) is 7.72. The van der Waals surface area contributed by atoms with Crippen LogP contribution < -0.4 is 0 Å². The van der Waals surface area contributed by atoms with Gasteiger partial charge in [-0.1, -0.05) is 6.92 Å². The van der Waals surface area contributed by atoms with Crippen molar-refractivity contribution in [1.29, 1.82) is 0 Å². The lowest BCUT2D eigenvalue weighted by Crippen LogP contribution is -2.12. The van der Waals surface area contributed by atoms with Crippen LogP contribution in [0.1, 0.15) is 13.3 Å². The highest BCUT2D eigenvalue weighted by molar-refractivity contribution is 6.18. The van der Waals surface area contributed by atoms with Crippen LogP contribution in [-0.4, -0.2) is 16.7 Å². The first-order valence-corrected chi connectivity index (χ1v) is 3.35. The largest absolute Gasteiger partial charge is 0.504 e. The molecule has 0 saturated carbocycles. The maximum Gasteiger partial charge on any atom is 0.220 e. The molecule has 11 heavy (non-hydrogen) atoms. The summed E-state index contributed by atoms with van der Waals surface area (Å²) in [4.78, 5) is 21.7. The number of ketones is 2. The van der Waals surface area contributed by atoms with Gasteiger partial charge in [-0.15, -0.1) is 0 Å². The Morgan fingerprint density at radius 3 is 2.45 bits per heavy atom. The fraction of sp³-hybridized carbons (Fsp3) is 0.250. The molecule has 3 heteroatoms. The van der Waals surface area contributed by atoms with Gasteiger partial charge < -0.3 is 5.11 Å². The first-order valence-electron chi connectivity index (χ1n) is 3.35. The number of hydrogen-bond donors (Lipinski definition) is 1. The number of allylic oxidation sites excluding steroid dienone is 3. The molecule has 0 fully saturated rings. The molecule has 1 N–H and O–H groups in total. The molecule has 1 rings (SSSR count). The number of hydrogen-bond acceptors (Lipinski definition) is 3. The number of carbonyl (C=O) groups excluding carboxylic acids is 2. The second kappa shape index (κ2) is 2.70. The molecular weight excluding hydrogens is 144 g/mol. The summed E-state index contributed by atoms with van der Waals surface area (Å²) in [7, 11) is 0. The molecule has 0 aromatic rings. The molecule has 3 nitrogen and oxygen atoms in total. The average Bonchev–Trinajstić information content (AvgIpc) is 1.97. The molecule has 0 radical (unpaired) electrons. The highest BCUT2D eigenvalue weighted by Gasteiger charge is 2.17. The summed E-state index contributed by atoms with van der Waals surface area (Å²) in [5.41, 5.74) is 0.452. The Hall–Kier alpha value is -1.38. The number of rotatable bonds is 1. The fourth-order valence-corrected chi connectivity index (χ4v) is 0.868. The molecule has 0 saturated heterocycles. The molecule has 0 heterocycles. The van der Waals surface area contributed by atoms with Gasteiger partial charge in [0.2, 0.25) is 5.78 Å². The van der Waals surface area contributed by atoms with Gasteiger partial charge in [0.15, 0.2) is 11.5 Å². The number of aliphatic hydroxyl groups is 1. The second-order valence-electron chi connectivity index (χ2n) is 2.28. The van der Waals surface area contributed by atoms with Crippen molar-refractivity contribution in [1.82, 2.24) is 0 Å². The minimum absolute atomic E-state index is 0.274. The molecule has 0 aromatic heterocycles. The van der Waals surface area contributed by atoms with Gasteiger partial charge in [-0.05, 0) is 12.5 Å². The molecule has 0 bridgehead atoms. The van der Waals surface area contributed by atoms with Crippen LogP contribution in [0.3, 0.4) is 0 Å². The summed E-state index contributed by atoms with van der Waals surface area (Å²) in [6.07, 6.45) is 2.66. The van der Waals surface area contributed by atoms with Crippen molar-refractivity contribution < 1.29 is 14.7 Å². The Morgan fingerprint density at radius 2 is 1.91 bits per heavy atom. The summed E-state index contributed by atoms with van der Waals surface area (Å²) in [6, 6.07) is 0. The van der Waals surface area contributed by atoms with Gasteiger partial charge >= 0.3 is 0 Å². The third-order valence-electron chi connectivity index (χ3n) is 1.52. The summed E-state index contributed by atoms with van der Waals surface area (Å²) in [6.45, 7) is 1.78. The third-order valence-corrected chi connectivity index (χ3v) is 1.52. The standard InChI is InChI=1S/C8H8O3/c1-2-5-3-7(10)8(11)4-6(5)9/h3-4,11H,2H2,1H3. The predicted molar refractivity (Wildman–Crippen MR) is 39.1 cm³/mol.